The van der Waals surface area contributed by atoms with E-state index in [1.807, 2.05) is 43.3 Å². The van der Waals surface area contributed by atoms with E-state index < -0.39 is 0 Å². The third-order valence-electron chi connectivity index (χ3n) is 5.92. The van der Waals surface area contributed by atoms with Gasteiger partial charge in [0, 0.05) is 43.9 Å². The second-order valence-electron chi connectivity index (χ2n) is 8.02. The molecule has 2 amide bonds. The largest absolute Gasteiger partial charge is 0.378 e. The Labute approximate surface area is 156 Å². The van der Waals surface area contributed by atoms with E-state index in [2.05, 4.69) is 17.6 Å². The lowest BCUT2D eigenvalue weighted by Gasteiger charge is -2.44. The summed E-state index contributed by atoms with van der Waals surface area (Å²) in [6.07, 6.45) is 5.85. The number of piperidine rings is 1. The average molecular weight is 357 g/mol. The minimum absolute atomic E-state index is 0.0237. The van der Waals surface area contributed by atoms with Crippen LogP contribution in [0.3, 0.4) is 0 Å². The van der Waals surface area contributed by atoms with Gasteiger partial charge in [-0.25, -0.2) is 0 Å². The van der Waals surface area contributed by atoms with Crippen LogP contribution in [0.15, 0.2) is 24.3 Å². The summed E-state index contributed by atoms with van der Waals surface area (Å²) in [4.78, 5) is 26.7. The van der Waals surface area contributed by atoms with E-state index in [4.69, 9.17) is 0 Å². The predicted molar refractivity (Wildman–Crippen MR) is 104 cm³/mol. The van der Waals surface area contributed by atoms with Crippen molar-refractivity contribution in [2.45, 2.75) is 57.5 Å². The van der Waals surface area contributed by atoms with Crippen LogP contribution in [0.25, 0.3) is 0 Å². The van der Waals surface area contributed by atoms with Gasteiger partial charge in [-0.2, -0.15) is 0 Å². The summed E-state index contributed by atoms with van der Waals surface area (Å²) in [5, 5.41) is 6.36. The molecule has 1 aromatic carbocycles. The number of nitrogens with one attached hydrogen (secondary N) is 2. The van der Waals surface area contributed by atoms with Gasteiger partial charge in [0.05, 0.1) is 0 Å². The number of nitrogens with zero attached hydrogens (tertiary/aromatic N) is 1. The third kappa shape index (κ3) is 4.19. The van der Waals surface area contributed by atoms with Crippen LogP contribution in [0.5, 0.6) is 0 Å². The zero-order chi connectivity index (χ0) is 18.7. The molecule has 2 N–H and O–H groups in total. The SMILES string of the molecule is CCCC1CC(=O)NC2CC(NC(=O)c3cccc(N(C)C)c3)CCC12. The van der Waals surface area contributed by atoms with Crippen LogP contribution in [0.2, 0.25) is 0 Å². The number of fused-ring (bicyclic) bond motifs is 1. The van der Waals surface area contributed by atoms with Gasteiger partial charge >= 0.3 is 0 Å². The standard InChI is InChI=1S/C21H31N3O2/c1-4-6-14-12-20(25)23-19-13-16(9-10-18(14)19)22-21(26)15-7-5-8-17(11-15)24(2)3/h5,7-8,11,14,16,18-19H,4,6,9-10,12-13H2,1-3H3,(H,22,26)(H,23,25). The van der Waals surface area contributed by atoms with Gasteiger partial charge in [0.15, 0.2) is 0 Å². The molecule has 0 bridgehead atoms. The Hall–Kier alpha value is -2.04. The zero-order valence-electron chi connectivity index (χ0n) is 16.1. The maximum absolute atomic E-state index is 12.7. The number of hydrogen-bond donors (Lipinski definition) is 2. The summed E-state index contributed by atoms with van der Waals surface area (Å²) in [7, 11) is 3.94. The molecule has 26 heavy (non-hydrogen) atoms. The summed E-state index contributed by atoms with van der Waals surface area (Å²) in [6, 6.07) is 8.02. The molecule has 1 heterocycles. The summed E-state index contributed by atoms with van der Waals surface area (Å²) < 4.78 is 0. The van der Waals surface area contributed by atoms with Crippen molar-refractivity contribution in [3.8, 4) is 0 Å². The Morgan fingerprint density at radius 1 is 1.31 bits per heavy atom. The van der Waals surface area contributed by atoms with Crippen molar-refractivity contribution in [3.05, 3.63) is 29.8 Å². The number of benzene rings is 1. The highest BCUT2D eigenvalue weighted by molar-refractivity contribution is 5.95. The molecule has 5 nitrogen and oxygen atoms in total. The third-order valence-corrected chi connectivity index (χ3v) is 5.92. The van der Waals surface area contributed by atoms with Gasteiger partial charge in [-0.15, -0.1) is 0 Å². The van der Waals surface area contributed by atoms with Gasteiger partial charge in [0.2, 0.25) is 5.91 Å². The Morgan fingerprint density at radius 2 is 2.12 bits per heavy atom. The fourth-order valence-electron chi connectivity index (χ4n) is 4.59. The summed E-state index contributed by atoms with van der Waals surface area (Å²) in [5.41, 5.74) is 1.71. The van der Waals surface area contributed by atoms with Gasteiger partial charge in [-0.3, -0.25) is 9.59 Å². The first-order valence-electron chi connectivity index (χ1n) is 9.85. The van der Waals surface area contributed by atoms with Gasteiger partial charge in [-0.05, 0) is 55.7 Å². The summed E-state index contributed by atoms with van der Waals surface area (Å²) in [6.45, 7) is 2.19. The fraction of sp³-hybridized carbons (Fsp3) is 0.619. The first-order valence-corrected chi connectivity index (χ1v) is 9.85. The van der Waals surface area contributed by atoms with Gasteiger partial charge in [0.1, 0.15) is 0 Å². The van der Waals surface area contributed by atoms with Crippen molar-refractivity contribution >= 4 is 17.5 Å². The highest BCUT2D eigenvalue weighted by Gasteiger charge is 2.40. The van der Waals surface area contributed by atoms with Crippen molar-refractivity contribution in [3.63, 3.8) is 0 Å². The van der Waals surface area contributed by atoms with E-state index in [1.54, 1.807) is 0 Å². The number of hydrogen-bond acceptors (Lipinski definition) is 3. The van der Waals surface area contributed by atoms with E-state index in [0.29, 0.717) is 23.8 Å². The Bertz CT molecular complexity index is 658. The van der Waals surface area contributed by atoms with Crippen LogP contribution in [-0.2, 0) is 4.79 Å². The van der Waals surface area contributed by atoms with E-state index in [9.17, 15) is 9.59 Å². The number of anilines is 1. The van der Waals surface area contributed by atoms with Crippen molar-refractivity contribution in [1.29, 1.82) is 0 Å². The van der Waals surface area contributed by atoms with Gasteiger partial charge in [-0.1, -0.05) is 19.4 Å². The first-order chi connectivity index (χ1) is 12.5. The molecule has 2 fully saturated rings. The van der Waals surface area contributed by atoms with E-state index in [0.717, 1.165) is 37.8 Å². The fourth-order valence-corrected chi connectivity index (χ4v) is 4.59. The lowest BCUT2D eigenvalue weighted by atomic mass is 9.70. The second-order valence-corrected chi connectivity index (χ2v) is 8.02. The van der Waals surface area contributed by atoms with Crippen molar-refractivity contribution in [2.75, 3.05) is 19.0 Å². The monoisotopic (exact) mass is 357 g/mol. The van der Waals surface area contributed by atoms with Gasteiger partial charge < -0.3 is 15.5 Å². The number of carbonyl (C=O) groups excluding carboxylic acids is 2. The summed E-state index contributed by atoms with van der Waals surface area (Å²) in [5.74, 6) is 1.23. The molecule has 1 aliphatic carbocycles. The normalized spacial score (nSPS) is 28.0. The van der Waals surface area contributed by atoms with E-state index in [1.165, 1.54) is 0 Å². The number of rotatable bonds is 5. The second kappa shape index (κ2) is 8.11. The average Bonchev–Trinajstić information content (AvgIpc) is 2.61. The molecule has 0 spiro atoms. The zero-order valence-corrected chi connectivity index (χ0v) is 16.1. The molecule has 1 aliphatic heterocycles. The molecular formula is C21H31N3O2. The Balaban J connectivity index is 1.62. The van der Waals surface area contributed by atoms with Crippen LogP contribution in [-0.4, -0.2) is 38.0 Å². The highest BCUT2D eigenvalue weighted by atomic mass is 16.2. The quantitative estimate of drug-likeness (QED) is 0.852. The topological polar surface area (TPSA) is 61.4 Å². The van der Waals surface area contributed by atoms with E-state index in [-0.39, 0.29) is 23.9 Å². The minimum atomic E-state index is -0.0237. The van der Waals surface area contributed by atoms with E-state index >= 15 is 0 Å². The highest BCUT2D eigenvalue weighted by Crippen LogP contribution is 2.37. The van der Waals surface area contributed by atoms with Crippen molar-refractivity contribution in [2.24, 2.45) is 11.8 Å². The first kappa shape index (κ1) is 18.7. The summed E-state index contributed by atoms with van der Waals surface area (Å²) >= 11 is 0. The maximum atomic E-state index is 12.7. The molecule has 0 aromatic heterocycles. The lowest BCUT2D eigenvalue weighted by Crippen LogP contribution is -2.55. The van der Waals surface area contributed by atoms with Crippen molar-refractivity contribution < 1.29 is 9.59 Å². The molecule has 4 unspecified atom stereocenters. The molecule has 4 atom stereocenters. The molecular weight excluding hydrogens is 326 g/mol. The molecule has 2 aliphatic rings. The molecule has 3 rings (SSSR count). The van der Waals surface area contributed by atoms with Gasteiger partial charge in [0.25, 0.3) is 5.91 Å². The molecule has 0 radical (unpaired) electrons. The van der Waals surface area contributed by atoms with Crippen LogP contribution in [0, 0.1) is 11.8 Å². The van der Waals surface area contributed by atoms with Crippen LogP contribution in [0.4, 0.5) is 5.69 Å². The van der Waals surface area contributed by atoms with Crippen LogP contribution in [0.1, 0.15) is 55.8 Å². The molecule has 1 saturated carbocycles. The molecule has 1 aromatic rings. The number of amides is 2. The molecule has 1 saturated heterocycles. The Morgan fingerprint density at radius 3 is 2.85 bits per heavy atom. The van der Waals surface area contributed by atoms with Crippen LogP contribution >= 0.6 is 0 Å². The Kier molecular flexibility index (Phi) is 5.84. The minimum Gasteiger partial charge on any atom is -0.378 e. The lowest BCUT2D eigenvalue weighted by molar-refractivity contribution is -0.127. The smallest absolute Gasteiger partial charge is 0.251 e. The number of carbonyl (C=O) groups is 2. The van der Waals surface area contributed by atoms with Crippen molar-refractivity contribution in [1.82, 2.24) is 10.6 Å². The van der Waals surface area contributed by atoms with Crippen LogP contribution < -0.4 is 15.5 Å². The molecule has 142 valence electrons. The molecule has 5 heteroatoms. The predicted octanol–water partition coefficient (Wildman–Crippen LogP) is 2.96. The maximum Gasteiger partial charge on any atom is 0.251 e.